The lowest BCUT2D eigenvalue weighted by Crippen LogP contribution is -2.14. The maximum Gasteiger partial charge on any atom is 0.184 e. The molecule has 0 saturated carbocycles. The minimum atomic E-state index is -1.23. The topological polar surface area (TPSA) is 40.9 Å². The average molecular weight is 285 g/mol. The van der Waals surface area contributed by atoms with Crippen molar-refractivity contribution in [3.63, 3.8) is 0 Å². The lowest BCUT2D eigenvalue weighted by atomic mass is 9.87. The monoisotopic (exact) mass is 285 g/mol. The first-order valence-electron chi connectivity index (χ1n) is 6.40. The molecule has 2 aromatic carbocycles. The molecule has 0 N–H and O–H groups in total. The third-order valence-corrected chi connectivity index (χ3v) is 3.34. The first-order valence-corrected chi connectivity index (χ1v) is 6.40. The Morgan fingerprint density at radius 3 is 2.10 bits per heavy atom. The molecule has 2 nitrogen and oxygen atoms in total. The smallest absolute Gasteiger partial charge is 0.184 e. The second-order valence-corrected chi connectivity index (χ2v) is 4.90. The number of rotatable bonds is 3. The standard InChI is InChI=1S/C17H13F2NO/c1-10-4-3-5-11(2)16(10)17(21)15(9-20)12-6-13(18)8-14(19)7-12/h3-8,15H,1-2H3. The number of ketones is 1. The van der Waals surface area contributed by atoms with Crippen molar-refractivity contribution < 1.29 is 13.6 Å². The molecule has 0 aromatic heterocycles. The second kappa shape index (κ2) is 5.84. The highest BCUT2D eigenvalue weighted by atomic mass is 19.1. The van der Waals surface area contributed by atoms with E-state index in [2.05, 4.69) is 0 Å². The maximum absolute atomic E-state index is 13.3. The summed E-state index contributed by atoms with van der Waals surface area (Å²) in [5.41, 5.74) is 1.92. The molecule has 1 unspecified atom stereocenters. The first kappa shape index (κ1) is 14.9. The first-order chi connectivity index (χ1) is 9.93. The highest BCUT2D eigenvalue weighted by Gasteiger charge is 2.25. The normalized spacial score (nSPS) is 11.8. The molecular formula is C17H13F2NO. The van der Waals surface area contributed by atoms with Gasteiger partial charge in [-0.2, -0.15) is 5.26 Å². The third-order valence-electron chi connectivity index (χ3n) is 3.34. The zero-order chi connectivity index (χ0) is 15.6. The van der Waals surface area contributed by atoms with Crippen LogP contribution < -0.4 is 0 Å². The highest BCUT2D eigenvalue weighted by Crippen LogP contribution is 2.25. The Hall–Kier alpha value is -2.54. The van der Waals surface area contributed by atoms with Gasteiger partial charge in [0.25, 0.3) is 0 Å². The van der Waals surface area contributed by atoms with E-state index in [0.29, 0.717) is 11.6 Å². The molecule has 1 atom stereocenters. The Morgan fingerprint density at radius 2 is 1.62 bits per heavy atom. The van der Waals surface area contributed by atoms with Crippen LogP contribution in [0.5, 0.6) is 0 Å². The number of halogens is 2. The minimum absolute atomic E-state index is 0.0302. The molecule has 2 aromatic rings. The number of carbonyl (C=O) groups is 1. The van der Waals surface area contributed by atoms with Crippen LogP contribution in [0.4, 0.5) is 8.78 Å². The van der Waals surface area contributed by atoms with Crippen LogP contribution in [0.3, 0.4) is 0 Å². The Labute approximate surface area is 121 Å². The van der Waals surface area contributed by atoms with E-state index in [1.54, 1.807) is 26.0 Å². The summed E-state index contributed by atoms with van der Waals surface area (Å²) in [5.74, 6) is -3.28. The van der Waals surface area contributed by atoms with Gasteiger partial charge in [0.15, 0.2) is 5.78 Å². The van der Waals surface area contributed by atoms with Crippen molar-refractivity contribution in [2.24, 2.45) is 0 Å². The van der Waals surface area contributed by atoms with Crippen molar-refractivity contribution >= 4 is 5.78 Å². The second-order valence-electron chi connectivity index (χ2n) is 4.90. The highest BCUT2D eigenvalue weighted by molar-refractivity contribution is 6.04. The fourth-order valence-corrected chi connectivity index (χ4v) is 2.37. The van der Waals surface area contributed by atoms with E-state index in [1.165, 1.54) is 0 Å². The van der Waals surface area contributed by atoms with Crippen LogP contribution in [0, 0.1) is 36.8 Å². The van der Waals surface area contributed by atoms with Gasteiger partial charge < -0.3 is 0 Å². The van der Waals surface area contributed by atoms with Crippen LogP contribution >= 0.6 is 0 Å². The molecule has 106 valence electrons. The Kier molecular flexibility index (Phi) is 4.13. The van der Waals surface area contributed by atoms with Gasteiger partial charge in [0.1, 0.15) is 17.6 Å². The van der Waals surface area contributed by atoms with Gasteiger partial charge in [0, 0.05) is 11.6 Å². The van der Waals surface area contributed by atoms with E-state index >= 15 is 0 Å². The number of Topliss-reactive ketones (excluding diaryl/α,β-unsaturated/α-hetero) is 1. The Morgan fingerprint density at radius 1 is 1.10 bits per heavy atom. The summed E-state index contributed by atoms with van der Waals surface area (Å²) in [6.07, 6.45) is 0. The van der Waals surface area contributed by atoms with Crippen molar-refractivity contribution in [1.29, 1.82) is 5.26 Å². The molecule has 0 heterocycles. The van der Waals surface area contributed by atoms with Gasteiger partial charge in [0.05, 0.1) is 6.07 Å². The molecule has 0 radical (unpaired) electrons. The minimum Gasteiger partial charge on any atom is -0.292 e. The van der Waals surface area contributed by atoms with Gasteiger partial charge in [-0.1, -0.05) is 18.2 Å². The number of nitrogens with zero attached hydrogens (tertiary/aromatic N) is 1. The zero-order valence-electron chi connectivity index (χ0n) is 11.7. The molecule has 0 aliphatic heterocycles. The van der Waals surface area contributed by atoms with Gasteiger partial charge in [0.2, 0.25) is 0 Å². The molecule has 0 saturated heterocycles. The number of hydrogen-bond acceptors (Lipinski definition) is 2. The molecular weight excluding hydrogens is 272 g/mol. The van der Waals surface area contributed by atoms with E-state index in [0.717, 1.165) is 23.3 Å². The van der Waals surface area contributed by atoms with E-state index in [1.807, 2.05) is 12.1 Å². The van der Waals surface area contributed by atoms with Gasteiger partial charge >= 0.3 is 0 Å². The predicted molar refractivity (Wildman–Crippen MR) is 75.0 cm³/mol. The van der Waals surface area contributed by atoms with Crippen LogP contribution in [0.25, 0.3) is 0 Å². The van der Waals surface area contributed by atoms with Crippen LogP contribution in [0.15, 0.2) is 36.4 Å². The molecule has 0 aliphatic rings. The summed E-state index contributed by atoms with van der Waals surface area (Å²) >= 11 is 0. The van der Waals surface area contributed by atoms with E-state index in [4.69, 9.17) is 0 Å². The molecule has 0 fully saturated rings. The molecule has 0 amide bonds. The lowest BCUT2D eigenvalue weighted by Gasteiger charge is -2.13. The van der Waals surface area contributed by atoms with Crippen LogP contribution in [0.2, 0.25) is 0 Å². The molecule has 0 bridgehead atoms. The van der Waals surface area contributed by atoms with E-state index in [-0.39, 0.29) is 5.56 Å². The summed E-state index contributed by atoms with van der Waals surface area (Å²) in [6.45, 7) is 3.53. The summed E-state index contributed by atoms with van der Waals surface area (Å²) in [4.78, 5) is 12.6. The van der Waals surface area contributed by atoms with E-state index < -0.39 is 23.3 Å². The van der Waals surface area contributed by atoms with Crippen molar-refractivity contribution in [2.75, 3.05) is 0 Å². The maximum atomic E-state index is 13.3. The van der Waals surface area contributed by atoms with Gasteiger partial charge in [-0.05, 0) is 42.7 Å². The SMILES string of the molecule is Cc1cccc(C)c1C(=O)C(C#N)c1cc(F)cc(F)c1. The van der Waals surface area contributed by atoms with Crippen molar-refractivity contribution in [2.45, 2.75) is 19.8 Å². The number of hydrogen-bond donors (Lipinski definition) is 0. The summed E-state index contributed by atoms with van der Waals surface area (Å²) < 4.78 is 26.6. The molecule has 21 heavy (non-hydrogen) atoms. The average Bonchev–Trinajstić information content (AvgIpc) is 2.38. The number of benzene rings is 2. The van der Waals surface area contributed by atoms with Crippen molar-refractivity contribution in [3.8, 4) is 6.07 Å². The van der Waals surface area contributed by atoms with Crippen molar-refractivity contribution in [1.82, 2.24) is 0 Å². The largest absolute Gasteiger partial charge is 0.292 e. The zero-order valence-corrected chi connectivity index (χ0v) is 11.7. The quantitative estimate of drug-likeness (QED) is 0.797. The molecule has 4 heteroatoms. The number of nitriles is 1. The molecule has 0 spiro atoms. The van der Waals surface area contributed by atoms with Crippen LogP contribution in [-0.4, -0.2) is 5.78 Å². The van der Waals surface area contributed by atoms with Gasteiger partial charge in [-0.15, -0.1) is 0 Å². The Bertz CT molecular complexity index is 706. The number of aryl methyl sites for hydroxylation is 2. The summed E-state index contributed by atoms with van der Waals surface area (Å²) in [5, 5.41) is 9.26. The predicted octanol–water partition coefficient (Wildman–Crippen LogP) is 4.07. The van der Waals surface area contributed by atoms with Crippen molar-refractivity contribution in [3.05, 3.63) is 70.3 Å². The van der Waals surface area contributed by atoms with Gasteiger partial charge in [-0.25, -0.2) is 8.78 Å². The lowest BCUT2D eigenvalue weighted by molar-refractivity contribution is 0.0977. The number of carbonyl (C=O) groups excluding carboxylic acids is 1. The molecule has 0 aliphatic carbocycles. The van der Waals surface area contributed by atoms with Crippen LogP contribution in [0.1, 0.15) is 33.0 Å². The van der Waals surface area contributed by atoms with Gasteiger partial charge in [-0.3, -0.25) is 4.79 Å². The summed E-state index contributed by atoms with van der Waals surface area (Å²) in [7, 11) is 0. The fraction of sp³-hybridized carbons (Fsp3) is 0.176. The summed E-state index contributed by atoms with van der Waals surface area (Å²) in [6, 6.07) is 9.92. The van der Waals surface area contributed by atoms with E-state index in [9.17, 15) is 18.8 Å². The Balaban J connectivity index is 2.52. The fourth-order valence-electron chi connectivity index (χ4n) is 2.37. The molecule has 2 rings (SSSR count). The van der Waals surface area contributed by atoms with Crippen LogP contribution in [-0.2, 0) is 0 Å². The third kappa shape index (κ3) is 2.97.